The van der Waals surface area contributed by atoms with Crippen LogP contribution in [-0.2, 0) is 11.3 Å². The molecule has 0 N–H and O–H groups in total. The Morgan fingerprint density at radius 3 is 2.38 bits per heavy atom. The van der Waals surface area contributed by atoms with Crippen LogP contribution in [0.25, 0.3) is 0 Å². The van der Waals surface area contributed by atoms with E-state index in [1.54, 1.807) is 61.5 Å². The quantitative estimate of drug-likeness (QED) is 0.158. The topological polar surface area (TPSA) is 68.7 Å². The van der Waals surface area contributed by atoms with Gasteiger partial charge in [-0.1, -0.05) is 63.0 Å². The van der Waals surface area contributed by atoms with Crippen LogP contribution in [0.1, 0.15) is 97.6 Å². The monoisotopic (exact) mass is 524 g/mol. The maximum Gasteiger partial charge on any atom is 0.345 e. The number of amides is 1. The van der Waals surface area contributed by atoms with Gasteiger partial charge in [0, 0.05) is 49.5 Å². The van der Waals surface area contributed by atoms with E-state index in [0.717, 1.165) is 24.0 Å². The molecule has 4 rings (SSSR count). The van der Waals surface area contributed by atoms with Crippen molar-refractivity contribution in [2.75, 3.05) is 4.90 Å². The summed E-state index contributed by atoms with van der Waals surface area (Å²) < 4.78 is 11.2. The molecular weight excluding hydrogens is 488 g/mol. The Balaban J connectivity index is 1.50. The van der Waals surface area contributed by atoms with E-state index in [4.69, 9.17) is 9.47 Å². The van der Waals surface area contributed by atoms with Crippen LogP contribution in [0.15, 0.2) is 67.0 Å². The molecule has 0 fully saturated rings. The first kappa shape index (κ1) is 27.9. The number of pyridine rings is 1. The zero-order chi connectivity index (χ0) is 27.7. The molecule has 1 aromatic heterocycles. The smallest absolute Gasteiger partial charge is 0.345 e. The lowest BCUT2D eigenvalue weighted by atomic mass is 10.1. The molecule has 39 heavy (non-hydrogen) atoms. The van der Waals surface area contributed by atoms with Crippen LogP contribution in [0.2, 0.25) is 0 Å². The van der Waals surface area contributed by atoms with Gasteiger partial charge in [-0.25, -0.2) is 4.79 Å². The lowest BCUT2D eigenvalue weighted by Gasteiger charge is -2.32. The third kappa shape index (κ3) is 7.70. The number of aromatic nitrogens is 1. The molecule has 6 nitrogen and oxygen atoms in total. The third-order valence-electron chi connectivity index (χ3n) is 6.54. The molecule has 0 bridgehead atoms. The zero-order valence-corrected chi connectivity index (χ0v) is 23.0. The van der Waals surface area contributed by atoms with Gasteiger partial charge in [0.1, 0.15) is 11.3 Å². The summed E-state index contributed by atoms with van der Waals surface area (Å²) in [4.78, 5) is 31.9. The van der Waals surface area contributed by atoms with E-state index in [-0.39, 0.29) is 11.5 Å². The van der Waals surface area contributed by atoms with Gasteiger partial charge in [-0.15, -0.1) is 0 Å². The highest BCUT2D eigenvalue weighted by Gasteiger charge is 2.34. The fraction of sp³-hybridized carbons (Fsp3) is 0.364. The van der Waals surface area contributed by atoms with Crippen molar-refractivity contribution in [3.05, 3.63) is 89.2 Å². The maximum atomic E-state index is 13.6. The Kier molecular flexibility index (Phi) is 9.38. The summed E-state index contributed by atoms with van der Waals surface area (Å²) in [6.45, 7) is 5.91. The highest BCUT2D eigenvalue weighted by atomic mass is 16.7. The van der Waals surface area contributed by atoms with Gasteiger partial charge in [0.05, 0.1) is 6.54 Å². The third-order valence-corrected chi connectivity index (χ3v) is 6.54. The number of esters is 1. The van der Waals surface area contributed by atoms with Crippen LogP contribution < -0.4 is 9.64 Å². The molecule has 202 valence electrons. The highest BCUT2D eigenvalue weighted by molar-refractivity contribution is 6.06. The van der Waals surface area contributed by atoms with E-state index < -0.39 is 11.8 Å². The molecule has 0 saturated heterocycles. The summed E-state index contributed by atoms with van der Waals surface area (Å²) in [6.07, 6.45) is 11.6. The van der Waals surface area contributed by atoms with Crippen molar-refractivity contribution in [2.45, 2.75) is 78.0 Å². The number of carbonyl (C=O) groups is 2. The molecule has 1 aliphatic heterocycles. The molecule has 0 unspecified atom stereocenters. The lowest BCUT2D eigenvalue weighted by Crippen LogP contribution is -2.39. The van der Waals surface area contributed by atoms with Gasteiger partial charge in [0.15, 0.2) is 0 Å². The first-order valence-corrected chi connectivity index (χ1v) is 13.7. The Bertz CT molecular complexity index is 1340. The van der Waals surface area contributed by atoms with E-state index >= 15 is 0 Å². The largest absolute Gasteiger partial charge is 0.452 e. The normalized spacial score (nSPS) is 13.4. The van der Waals surface area contributed by atoms with Crippen LogP contribution >= 0.6 is 0 Å². The minimum Gasteiger partial charge on any atom is -0.452 e. The predicted molar refractivity (Wildman–Crippen MR) is 153 cm³/mol. The molecule has 1 amide bonds. The standard InChI is InChI=1S/C33H36N2O4/c1-4-5-6-7-8-9-10-11-12-25-13-15-26(16-14-25)24-35(31(36)27-19-21-34-22-20-27)28-17-18-30-29(23-28)32(37)39-33(2,3)38-30/h13-23H,4-10,24H2,1-3H3. The molecule has 0 aliphatic carbocycles. The Hall–Kier alpha value is -4.11. The molecule has 0 saturated carbocycles. The number of ether oxygens (including phenoxy) is 2. The van der Waals surface area contributed by atoms with Crippen LogP contribution in [-0.4, -0.2) is 22.6 Å². The van der Waals surface area contributed by atoms with Gasteiger partial charge < -0.3 is 14.4 Å². The number of cyclic esters (lactones) is 1. The van der Waals surface area contributed by atoms with Crippen molar-refractivity contribution in [1.29, 1.82) is 0 Å². The van der Waals surface area contributed by atoms with Gasteiger partial charge in [-0.05, 0) is 54.4 Å². The first-order chi connectivity index (χ1) is 18.9. The summed E-state index contributed by atoms with van der Waals surface area (Å²) in [5.41, 5.74) is 3.25. The summed E-state index contributed by atoms with van der Waals surface area (Å²) in [5, 5.41) is 0. The van der Waals surface area contributed by atoms with Crippen molar-refractivity contribution < 1.29 is 19.1 Å². The Labute approximate surface area is 231 Å². The van der Waals surface area contributed by atoms with Gasteiger partial charge in [0.2, 0.25) is 5.79 Å². The molecule has 0 radical (unpaired) electrons. The van der Waals surface area contributed by atoms with Crippen molar-refractivity contribution in [1.82, 2.24) is 4.98 Å². The minimum atomic E-state index is -1.04. The molecule has 6 heteroatoms. The van der Waals surface area contributed by atoms with Crippen LogP contribution in [0, 0.1) is 11.8 Å². The number of anilines is 1. The predicted octanol–water partition coefficient (Wildman–Crippen LogP) is 7.32. The van der Waals surface area contributed by atoms with Crippen LogP contribution in [0.3, 0.4) is 0 Å². The minimum absolute atomic E-state index is 0.203. The van der Waals surface area contributed by atoms with Crippen LogP contribution in [0.5, 0.6) is 5.75 Å². The molecule has 0 spiro atoms. The van der Waals surface area contributed by atoms with Crippen molar-refractivity contribution >= 4 is 17.6 Å². The Morgan fingerprint density at radius 1 is 0.923 bits per heavy atom. The highest BCUT2D eigenvalue weighted by Crippen LogP contribution is 2.34. The van der Waals surface area contributed by atoms with E-state index in [9.17, 15) is 9.59 Å². The van der Waals surface area contributed by atoms with Gasteiger partial charge >= 0.3 is 5.97 Å². The number of hydrogen-bond acceptors (Lipinski definition) is 5. The number of carbonyl (C=O) groups excluding carboxylic acids is 2. The van der Waals surface area contributed by atoms with Crippen molar-refractivity contribution in [3.63, 3.8) is 0 Å². The lowest BCUT2D eigenvalue weighted by molar-refractivity contribution is -0.127. The summed E-state index contributed by atoms with van der Waals surface area (Å²) in [6, 6.07) is 16.4. The Morgan fingerprint density at radius 2 is 1.64 bits per heavy atom. The SMILES string of the molecule is CCCCCCCCC#Cc1ccc(CN(C(=O)c2ccncc2)c2ccc3c(c2)C(=O)OC(C)(C)O3)cc1. The number of benzene rings is 2. The maximum absolute atomic E-state index is 13.6. The molecule has 2 heterocycles. The molecule has 1 aliphatic rings. The number of hydrogen-bond donors (Lipinski definition) is 0. The van der Waals surface area contributed by atoms with Crippen molar-refractivity contribution in [3.8, 4) is 17.6 Å². The fourth-order valence-electron chi connectivity index (χ4n) is 4.46. The number of nitrogens with zero attached hydrogens (tertiary/aromatic N) is 2. The second-order valence-corrected chi connectivity index (χ2v) is 10.2. The molecule has 2 aromatic carbocycles. The number of fused-ring (bicyclic) bond motifs is 1. The average Bonchev–Trinajstić information content (AvgIpc) is 2.93. The summed E-state index contributed by atoms with van der Waals surface area (Å²) in [7, 11) is 0. The fourth-order valence-corrected chi connectivity index (χ4v) is 4.46. The second-order valence-electron chi connectivity index (χ2n) is 10.2. The van der Waals surface area contributed by atoms with Gasteiger partial charge in [-0.3, -0.25) is 9.78 Å². The van der Waals surface area contributed by atoms with Crippen molar-refractivity contribution in [2.24, 2.45) is 0 Å². The van der Waals surface area contributed by atoms with E-state index in [2.05, 4.69) is 23.7 Å². The first-order valence-electron chi connectivity index (χ1n) is 13.7. The number of rotatable bonds is 10. The van der Waals surface area contributed by atoms with E-state index in [1.165, 1.54) is 32.1 Å². The number of unbranched alkanes of at least 4 members (excludes halogenated alkanes) is 6. The average molecular weight is 525 g/mol. The molecule has 3 aromatic rings. The second kappa shape index (κ2) is 13.1. The summed E-state index contributed by atoms with van der Waals surface area (Å²) >= 11 is 0. The van der Waals surface area contributed by atoms with Gasteiger partial charge in [0.25, 0.3) is 5.91 Å². The van der Waals surface area contributed by atoms with Crippen LogP contribution in [0.4, 0.5) is 5.69 Å². The summed E-state index contributed by atoms with van der Waals surface area (Å²) in [5.74, 6) is 5.23. The van der Waals surface area contributed by atoms with E-state index in [1.807, 2.05) is 24.3 Å². The van der Waals surface area contributed by atoms with Gasteiger partial charge in [-0.2, -0.15) is 0 Å². The molecular formula is C33H36N2O4. The molecule has 0 atom stereocenters. The van der Waals surface area contributed by atoms with E-state index in [0.29, 0.717) is 23.5 Å². The zero-order valence-electron chi connectivity index (χ0n) is 23.0.